The maximum Gasteiger partial charge on any atom is 0.200 e. The lowest BCUT2D eigenvalue weighted by molar-refractivity contribution is 0.103. The molecular formula is C15H13FO3. The molecule has 0 saturated heterocycles. The van der Waals surface area contributed by atoms with Crippen molar-refractivity contribution in [3.8, 4) is 11.5 Å². The molecule has 0 aliphatic rings. The fourth-order valence-electron chi connectivity index (χ4n) is 1.85. The minimum atomic E-state index is -0.459. The summed E-state index contributed by atoms with van der Waals surface area (Å²) in [6.07, 6.45) is 0. The molecule has 0 saturated carbocycles. The highest BCUT2D eigenvalue weighted by atomic mass is 19.1. The third kappa shape index (κ3) is 2.57. The monoisotopic (exact) mass is 260 g/mol. The zero-order chi connectivity index (χ0) is 13.8. The molecule has 0 spiro atoms. The van der Waals surface area contributed by atoms with Crippen LogP contribution in [-0.4, -0.2) is 20.0 Å². The largest absolute Gasteiger partial charge is 0.496 e. The summed E-state index contributed by atoms with van der Waals surface area (Å²) in [7, 11) is 2.94. The molecular weight excluding hydrogens is 247 g/mol. The average molecular weight is 260 g/mol. The van der Waals surface area contributed by atoms with Crippen molar-refractivity contribution in [3.05, 3.63) is 59.4 Å². The van der Waals surface area contributed by atoms with E-state index in [2.05, 4.69) is 0 Å². The Hall–Kier alpha value is -2.36. The summed E-state index contributed by atoms with van der Waals surface area (Å²) in [5.74, 6) is -0.00395. The number of hydrogen-bond acceptors (Lipinski definition) is 3. The van der Waals surface area contributed by atoms with Crippen LogP contribution in [0.15, 0.2) is 42.5 Å². The Morgan fingerprint density at radius 3 is 2.11 bits per heavy atom. The summed E-state index contributed by atoms with van der Waals surface area (Å²) in [6, 6.07) is 10.6. The molecule has 4 heteroatoms. The first-order chi connectivity index (χ1) is 9.17. The van der Waals surface area contributed by atoms with Gasteiger partial charge in [0.2, 0.25) is 5.78 Å². The van der Waals surface area contributed by atoms with Crippen molar-refractivity contribution in [1.29, 1.82) is 0 Å². The molecule has 2 aromatic carbocycles. The van der Waals surface area contributed by atoms with Crippen LogP contribution >= 0.6 is 0 Å². The van der Waals surface area contributed by atoms with E-state index in [-0.39, 0.29) is 16.9 Å². The molecule has 0 aromatic heterocycles. The second kappa shape index (κ2) is 5.52. The van der Waals surface area contributed by atoms with Gasteiger partial charge in [-0.1, -0.05) is 18.2 Å². The van der Waals surface area contributed by atoms with Crippen molar-refractivity contribution in [2.45, 2.75) is 0 Å². The number of ketones is 1. The second-order valence-corrected chi connectivity index (χ2v) is 3.88. The lowest BCUT2D eigenvalue weighted by Gasteiger charge is -2.12. The van der Waals surface area contributed by atoms with Gasteiger partial charge in [0.15, 0.2) is 0 Å². The number of benzene rings is 2. The van der Waals surface area contributed by atoms with E-state index in [9.17, 15) is 9.18 Å². The van der Waals surface area contributed by atoms with Crippen LogP contribution in [-0.2, 0) is 0 Å². The van der Waals surface area contributed by atoms with Crippen molar-refractivity contribution < 1.29 is 18.7 Å². The van der Waals surface area contributed by atoms with Crippen LogP contribution in [0.5, 0.6) is 11.5 Å². The van der Waals surface area contributed by atoms with Gasteiger partial charge in [0.1, 0.15) is 22.9 Å². The van der Waals surface area contributed by atoms with Crippen LogP contribution in [0.25, 0.3) is 0 Å². The van der Waals surface area contributed by atoms with Gasteiger partial charge in [0.25, 0.3) is 0 Å². The number of ether oxygens (including phenoxy) is 2. The van der Waals surface area contributed by atoms with Crippen molar-refractivity contribution >= 4 is 5.78 Å². The maximum absolute atomic E-state index is 13.2. The predicted octanol–water partition coefficient (Wildman–Crippen LogP) is 3.07. The molecule has 0 heterocycles. The Balaban J connectivity index is 2.55. The molecule has 0 amide bonds. The van der Waals surface area contributed by atoms with Gasteiger partial charge in [-0.25, -0.2) is 4.39 Å². The van der Waals surface area contributed by atoms with Gasteiger partial charge in [-0.15, -0.1) is 0 Å². The molecule has 19 heavy (non-hydrogen) atoms. The topological polar surface area (TPSA) is 35.5 Å². The first-order valence-electron chi connectivity index (χ1n) is 5.68. The van der Waals surface area contributed by atoms with Gasteiger partial charge in [-0.05, 0) is 24.3 Å². The van der Waals surface area contributed by atoms with Crippen LogP contribution in [0.3, 0.4) is 0 Å². The van der Waals surface area contributed by atoms with Gasteiger partial charge in [0.05, 0.1) is 14.2 Å². The van der Waals surface area contributed by atoms with E-state index < -0.39 is 5.82 Å². The molecule has 0 aliphatic carbocycles. The summed E-state index contributed by atoms with van der Waals surface area (Å²) in [4.78, 5) is 12.4. The van der Waals surface area contributed by atoms with Gasteiger partial charge < -0.3 is 9.47 Å². The molecule has 0 unspecified atom stereocenters. The molecule has 98 valence electrons. The molecule has 0 N–H and O–H groups in total. The van der Waals surface area contributed by atoms with Crippen LogP contribution < -0.4 is 9.47 Å². The zero-order valence-electron chi connectivity index (χ0n) is 10.6. The minimum Gasteiger partial charge on any atom is -0.496 e. The minimum absolute atomic E-state index is 0.253. The molecule has 0 bridgehead atoms. The number of rotatable bonds is 4. The van der Waals surface area contributed by atoms with Crippen LogP contribution in [0.2, 0.25) is 0 Å². The van der Waals surface area contributed by atoms with Crippen molar-refractivity contribution in [1.82, 2.24) is 0 Å². The second-order valence-electron chi connectivity index (χ2n) is 3.88. The number of carbonyl (C=O) groups excluding carboxylic acids is 1. The Morgan fingerprint density at radius 2 is 1.58 bits per heavy atom. The molecule has 3 nitrogen and oxygen atoms in total. The standard InChI is InChI=1S/C15H13FO3/c1-18-12-7-4-8-13(19-2)14(12)15(17)10-5-3-6-11(16)9-10/h3-9H,1-2H3. The normalized spacial score (nSPS) is 10.1. The van der Waals surface area contributed by atoms with Crippen LogP contribution in [0.1, 0.15) is 15.9 Å². The van der Waals surface area contributed by atoms with E-state index in [1.54, 1.807) is 24.3 Å². The van der Waals surface area contributed by atoms with Crippen molar-refractivity contribution in [3.63, 3.8) is 0 Å². The van der Waals surface area contributed by atoms with Crippen molar-refractivity contribution in [2.24, 2.45) is 0 Å². The van der Waals surface area contributed by atoms with Gasteiger partial charge >= 0.3 is 0 Å². The molecule has 0 atom stereocenters. The summed E-state index contributed by atoms with van der Waals surface area (Å²) < 4.78 is 23.5. The van der Waals surface area contributed by atoms with E-state index in [1.165, 1.54) is 32.4 Å². The van der Waals surface area contributed by atoms with Crippen molar-refractivity contribution in [2.75, 3.05) is 14.2 Å². The third-order valence-corrected chi connectivity index (χ3v) is 2.74. The van der Waals surface area contributed by atoms with E-state index in [1.807, 2.05) is 0 Å². The van der Waals surface area contributed by atoms with Gasteiger partial charge in [0, 0.05) is 5.56 Å². The third-order valence-electron chi connectivity index (χ3n) is 2.74. The fourth-order valence-corrected chi connectivity index (χ4v) is 1.85. The highest BCUT2D eigenvalue weighted by molar-refractivity contribution is 6.12. The average Bonchev–Trinajstić information content (AvgIpc) is 2.45. The molecule has 0 radical (unpaired) electrons. The summed E-state index contributed by atoms with van der Waals surface area (Å²) >= 11 is 0. The van der Waals surface area contributed by atoms with Crippen LogP contribution in [0, 0.1) is 5.82 Å². The molecule has 0 fully saturated rings. The maximum atomic E-state index is 13.2. The first-order valence-corrected chi connectivity index (χ1v) is 5.68. The summed E-state index contributed by atoms with van der Waals surface area (Å²) in [5, 5.41) is 0. The highest BCUT2D eigenvalue weighted by Gasteiger charge is 2.19. The smallest absolute Gasteiger partial charge is 0.200 e. The fraction of sp³-hybridized carbons (Fsp3) is 0.133. The van der Waals surface area contributed by atoms with E-state index >= 15 is 0 Å². The number of halogens is 1. The lowest BCUT2D eigenvalue weighted by Crippen LogP contribution is -2.06. The number of carbonyl (C=O) groups is 1. The highest BCUT2D eigenvalue weighted by Crippen LogP contribution is 2.30. The summed E-state index contributed by atoms with van der Waals surface area (Å²) in [5.41, 5.74) is 0.543. The SMILES string of the molecule is COc1cccc(OC)c1C(=O)c1cccc(F)c1. The molecule has 2 rings (SSSR count). The molecule has 0 aliphatic heterocycles. The van der Waals surface area contributed by atoms with Gasteiger partial charge in [-0.2, -0.15) is 0 Å². The van der Waals surface area contributed by atoms with E-state index in [4.69, 9.17) is 9.47 Å². The zero-order valence-corrected chi connectivity index (χ0v) is 10.6. The Morgan fingerprint density at radius 1 is 1.00 bits per heavy atom. The predicted molar refractivity (Wildman–Crippen MR) is 69.4 cm³/mol. The van der Waals surface area contributed by atoms with Gasteiger partial charge in [-0.3, -0.25) is 4.79 Å². The van der Waals surface area contributed by atoms with E-state index in [0.717, 1.165) is 0 Å². The quantitative estimate of drug-likeness (QED) is 0.792. The lowest BCUT2D eigenvalue weighted by atomic mass is 10.0. The summed E-state index contributed by atoms with van der Waals surface area (Å²) in [6.45, 7) is 0. The molecule has 2 aromatic rings. The Labute approximate surface area is 110 Å². The number of methoxy groups -OCH3 is 2. The number of hydrogen-bond donors (Lipinski definition) is 0. The Bertz CT molecular complexity index is 586. The first kappa shape index (κ1) is 13.1. The van der Waals surface area contributed by atoms with E-state index in [0.29, 0.717) is 11.5 Å². The van der Waals surface area contributed by atoms with Crippen LogP contribution in [0.4, 0.5) is 4.39 Å². The Kier molecular flexibility index (Phi) is 3.80.